The van der Waals surface area contributed by atoms with Gasteiger partial charge in [0.05, 0.1) is 0 Å². The molecule has 2 rings (SSSR count). The minimum Gasteiger partial charge on any atom is -0.454 e. The van der Waals surface area contributed by atoms with Gasteiger partial charge in [-0.2, -0.15) is 0 Å². The average Bonchev–Trinajstić information content (AvgIpc) is 2.65. The van der Waals surface area contributed by atoms with E-state index < -0.39 is 0 Å². The summed E-state index contributed by atoms with van der Waals surface area (Å²) in [6.07, 6.45) is 0.709. The molecule has 1 aromatic rings. The molecule has 1 heterocycles. The summed E-state index contributed by atoms with van der Waals surface area (Å²) in [5.74, 6) is 1.54. The third-order valence-corrected chi connectivity index (χ3v) is 2.22. The van der Waals surface area contributed by atoms with Crippen molar-refractivity contribution in [2.75, 3.05) is 6.79 Å². The van der Waals surface area contributed by atoms with Crippen LogP contribution in [0.1, 0.15) is 12.5 Å². The van der Waals surface area contributed by atoms with E-state index in [9.17, 15) is 0 Å². The number of fused-ring (bicyclic) bond motifs is 1. The second-order valence-corrected chi connectivity index (χ2v) is 3.45. The van der Waals surface area contributed by atoms with E-state index in [4.69, 9.17) is 15.0 Å². The molecule has 5 nitrogen and oxygen atoms in total. The van der Waals surface area contributed by atoms with Crippen LogP contribution in [0.25, 0.3) is 10.4 Å². The normalized spacial score (nSPS) is 14.5. The first-order valence-corrected chi connectivity index (χ1v) is 4.72. The first-order chi connectivity index (χ1) is 7.29. The molecule has 0 radical (unpaired) electrons. The molecule has 15 heavy (non-hydrogen) atoms. The molecule has 5 heteroatoms. The molecular weight excluding hydrogens is 194 g/mol. The van der Waals surface area contributed by atoms with Crippen LogP contribution < -0.4 is 9.47 Å². The highest BCUT2D eigenvalue weighted by Gasteiger charge is 2.13. The Morgan fingerprint density at radius 3 is 3.07 bits per heavy atom. The largest absolute Gasteiger partial charge is 0.454 e. The molecule has 1 aliphatic heterocycles. The maximum Gasteiger partial charge on any atom is 0.231 e. The van der Waals surface area contributed by atoms with Crippen molar-refractivity contribution >= 4 is 0 Å². The van der Waals surface area contributed by atoms with E-state index in [1.807, 2.05) is 25.1 Å². The lowest BCUT2D eigenvalue weighted by molar-refractivity contribution is 0.174. The van der Waals surface area contributed by atoms with Gasteiger partial charge in [0, 0.05) is 11.0 Å². The van der Waals surface area contributed by atoms with Crippen LogP contribution in [-0.2, 0) is 6.42 Å². The first kappa shape index (κ1) is 9.68. The van der Waals surface area contributed by atoms with E-state index >= 15 is 0 Å². The molecular formula is C10H11N3O2. The molecule has 78 valence electrons. The van der Waals surface area contributed by atoms with E-state index in [1.54, 1.807) is 0 Å². The maximum atomic E-state index is 8.28. The lowest BCUT2D eigenvalue weighted by Crippen LogP contribution is -2.01. The van der Waals surface area contributed by atoms with Gasteiger partial charge in [-0.1, -0.05) is 18.1 Å². The average molecular weight is 205 g/mol. The van der Waals surface area contributed by atoms with Crippen molar-refractivity contribution in [3.63, 3.8) is 0 Å². The van der Waals surface area contributed by atoms with Crippen LogP contribution in [0, 0.1) is 0 Å². The van der Waals surface area contributed by atoms with Crippen molar-refractivity contribution in [3.8, 4) is 11.5 Å². The molecule has 0 aromatic heterocycles. The monoisotopic (exact) mass is 205 g/mol. The molecule has 0 aliphatic carbocycles. The van der Waals surface area contributed by atoms with Gasteiger partial charge < -0.3 is 9.47 Å². The second kappa shape index (κ2) is 4.11. The van der Waals surface area contributed by atoms with Gasteiger partial charge in [-0.05, 0) is 29.6 Å². The fourth-order valence-corrected chi connectivity index (χ4v) is 1.54. The zero-order chi connectivity index (χ0) is 10.7. The van der Waals surface area contributed by atoms with E-state index in [1.165, 1.54) is 0 Å². The summed E-state index contributed by atoms with van der Waals surface area (Å²) in [6, 6.07) is 5.71. The van der Waals surface area contributed by atoms with E-state index in [-0.39, 0.29) is 12.8 Å². The highest BCUT2D eigenvalue weighted by atomic mass is 16.7. The quantitative estimate of drug-likeness (QED) is 0.432. The third kappa shape index (κ3) is 2.14. The van der Waals surface area contributed by atoms with Crippen molar-refractivity contribution in [1.29, 1.82) is 0 Å². The zero-order valence-corrected chi connectivity index (χ0v) is 8.38. The molecule has 1 aromatic carbocycles. The Hall–Kier alpha value is -1.87. The van der Waals surface area contributed by atoms with Crippen LogP contribution in [0.3, 0.4) is 0 Å². The highest BCUT2D eigenvalue weighted by molar-refractivity contribution is 5.44. The third-order valence-electron chi connectivity index (χ3n) is 2.22. The number of azide groups is 1. The zero-order valence-electron chi connectivity index (χ0n) is 8.38. The Labute approximate surface area is 87.2 Å². The summed E-state index contributed by atoms with van der Waals surface area (Å²) in [6.45, 7) is 2.16. The summed E-state index contributed by atoms with van der Waals surface area (Å²) in [4.78, 5) is 2.77. The Balaban J connectivity index is 2.13. The van der Waals surface area contributed by atoms with Crippen LogP contribution in [0.4, 0.5) is 0 Å². The Morgan fingerprint density at radius 2 is 2.27 bits per heavy atom. The minimum absolute atomic E-state index is 0.0460. The van der Waals surface area contributed by atoms with Gasteiger partial charge in [-0.15, -0.1) is 0 Å². The lowest BCUT2D eigenvalue weighted by atomic mass is 10.1. The molecule has 0 unspecified atom stereocenters. The van der Waals surface area contributed by atoms with Gasteiger partial charge in [0.25, 0.3) is 0 Å². The summed E-state index contributed by atoms with van der Waals surface area (Å²) >= 11 is 0. The van der Waals surface area contributed by atoms with Gasteiger partial charge in [0.1, 0.15) is 0 Å². The van der Waals surface area contributed by atoms with Crippen molar-refractivity contribution in [1.82, 2.24) is 0 Å². The number of benzene rings is 1. The predicted octanol–water partition coefficient (Wildman–Crippen LogP) is 2.66. The number of hydrogen-bond acceptors (Lipinski definition) is 3. The second-order valence-electron chi connectivity index (χ2n) is 3.45. The number of ether oxygens (including phenoxy) is 2. The molecule has 0 saturated carbocycles. The first-order valence-electron chi connectivity index (χ1n) is 4.72. The van der Waals surface area contributed by atoms with Crippen molar-refractivity contribution in [2.24, 2.45) is 5.11 Å². The van der Waals surface area contributed by atoms with E-state index in [0.29, 0.717) is 6.42 Å². The van der Waals surface area contributed by atoms with Crippen LogP contribution in [0.15, 0.2) is 23.3 Å². The van der Waals surface area contributed by atoms with Crippen LogP contribution in [0.5, 0.6) is 11.5 Å². The fraction of sp³-hybridized carbons (Fsp3) is 0.400. The highest BCUT2D eigenvalue weighted by Crippen LogP contribution is 2.32. The topological polar surface area (TPSA) is 67.2 Å². The standard InChI is InChI=1S/C10H11N3O2/c1-7(12-13-11)4-8-2-3-9-10(5-8)15-6-14-9/h2-3,5,7H,4,6H2,1H3/t7-/m0/s1. The predicted molar refractivity (Wildman–Crippen MR) is 54.9 cm³/mol. The molecule has 0 saturated heterocycles. The lowest BCUT2D eigenvalue weighted by Gasteiger charge is -2.05. The summed E-state index contributed by atoms with van der Waals surface area (Å²) in [7, 11) is 0. The van der Waals surface area contributed by atoms with Crippen molar-refractivity contribution in [2.45, 2.75) is 19.4 Å². The number of hydrogen-bond donors (Lipinski definition) is 0. The Kier molecular flexibility index (Phi) is 2.65. The molecule has 0 fully saturated rings. The van der Waals surface area contributed by atoms with Gasteiger partial charge in [-0.25, -0.2) is 0 Å². The van der Waals surface area contributed by atoms with Crippen LogP contribution in [0.2, 0.25) is 0 Å². The Morgan fingerprint density at radius 1 is 1.47 bits per heavy atom. The molecule has 0 amide bonds. The number of rotatable bonds is 3. The summed E-state index contributed by atoms with van der Waals surface area (Å²) in [5, 5.41) is 3.62. The van der Waals surface area contributed by atoms with Crippen molar-refractivity contribution in [3.05, 3.63) is 34.2 Å². The molecule has 1 atom stereocenters. The van der Waals surface area contributed by atoms with E-state index in [0.717, 1.165) is 17.1 Å². The van der Waals surface area contributed by atoms with Gasteiger partial charge in [0.15, 0.2) is 11.5 Å². The fourth-order valence-electron chi connectivity index (χ4n) is 1.54. The summed E-state index contributed by atoms with van der Waals surface area (Å²) in [5.41, 5.74) is 9.37. The van der Waals surface area contributed by atoms with E-state index in [2.05, 4.69) is 10.0 Å². The smallest absolute Gasteiger partial charge is 0.231 e. The Bertz CT molecular complexity index is 413. The molecule has 1 aliphatic rings. The SMILES string of the molecule is C[C@@H](Cc1ccc2c(c1)OCO2)N=[N+]=[N-]. The van der Waals surface area contributed by atoms with Crippen LogP contribution in [-0.4, -0.2) is 12.8 Å². The minimum atomic E-state index is -0.0460. The molecule has 0 N–H and O–H groups in total. The molecule has 0 spiro atoms. The van der Waals surface area contributed by atoms with Gasteiger partial charge in [-0.3, -0.25) is 0 Å². The summed E-state index contributed by atoms with van der Waals surface area (Å²) < 4.78 is 10.5. The van der Waals surface area contributed by atoms with Gasteiger partial charge >= 0.3 is 0 Å². The van der Waals surface area contributed by atoms with Crippen LogP contribution >= 0.6 is 0 Å². The van der Waals surface area contributed by atoms with Crippen molar-refractivity contribution < 1.29 is 9.47 Å². The maximum absolute atomic E-state index is 8.28. The molecule has 0 bridgehead atoms. The number of nitrogens with zero attached hydrogens (tertiary/aromatic N) is 3. The van der Waals surface area contributed by atoms with Gasteiger partial charge in [0.2, 0.25) is 6.79 Å².